The third kappa shape index (κ3) is 5.06. The molecular formula is C22H22BrNO3S. The first kappa shape index (κ1) is 20.7. The number of benzene rings is 2. The van der Waals surface area contributed by atoms with Gasteiger partial charge in [-0.1, -0.05) is 49.7 Å². The maximum Gasteiger partial charge on any atom is 0.293 e. The van der Waals surface area contributed by atoms with Gasteiger partial charge in [0, 0.05) is 0 Å². The van der Waals surface area contributed by atoms with Gasteiger partial charge in [-0.05, 0) is 69.9 Å². The predicted octanol–water partition coefficient (Wildman–Crippen LogP) is 6.03. The Balaban J connectivity index is 1.74. The Kier molecular flexibility index (Phi) is 6.62. The molecule has 4 nitrogen and oxygen atoms in total. The normalized spacial score (nSPS) is 15.8. The predicted molar refractivity (Wildman–Crippen MR) is 117 cm³/mol. The minimum atomic E-state index is -0.258. The number of thioether (sulfide) groups is 1. The number of carbonyl (C=O) groups excluding carboxylic acids is 2. The summed E-state index contributed by atoms with van der Waals surface area (Å²) in [5.74, 6) is 0.942. The maximum atomic E-state index is 12.7. The molecule has 0 atom stereocenters. The Morgan fingerprint density at radius 1 is 1.14 bits per heavy atom. The molecule has 0 N–H and O–H groups in total. The first-order chi connectivity index (χ1) is 13.3. The van der Waals surface area contributed by atoms with E-state index in [0.717, 1.165) is 38.7 Å². The van der Waals surface area contributed by atoms with E-state index < -0.39 is 0 Å². The summed E-state index contributed by atoms with van der Waals surface area (Å²) < 4.78 is 6.57. The molecule has 0 radical (unpaired) electrons. The summed E-state index contributed by atoms with van der Waals surface area (Å²) in [5.41, 5.74) is 2.91. The number of rotatable bonds is 6. The molecular weight excluding hydrogens is 438 g/mol. The summed E-state index contributed by atoms with van der Waals surface area (Å²) in [6, 6.07) is 13.5. The summed E-state index contributed by atoms with van der Waals surface area (Å²) in [5, 5.41) is -0.243. The number of nitrogens with zero attached hydrogens (tertiary/aromatic N) is 1. The number of carbonyl (C=O) groups is 2. The van der Waals surface area contributed by atoms with Gasteiger partial charge in [0.15, 0.2) is 0 Å². The third-order valence-electron chi connectivity index (χ3n) is 4.16. The smallest absolute Gasteiger partial charge is 0.293 e. The van der Waals surface area contributed by atoms with Gasteiger partial charge < -0.3 is 4.74 Å². The van der Waals surface area contributed by atoms with Gasteiger partial charge in [-0.2, -0.15) is 0 Å². The molecule has 1 aliphatic rings. The lowest BCUT2D eigenvalue weighted by atomic mass is 10.1. The molecule has 2 amide bonds. The van der Waals surface area contributed by atoms with Crippen LogP contribution in [-0.2, 0) is 11.3 Å². The second-order valence-corrected chi connectivity index (χ2v) is 9.00. The summed E-state index contributed by atoms with van der Waals surface area (Å²) in [6.45, 7) is 7.11. The molecule has 28 heavy (non-hydrogen) atoms. The molecule has 1 saturated heterocycles. The van der Waals surface area contributed by atoms with Crippen molar-refractivity contribution in [1.82, 2.24) is 4.90 Å². The highest BCUT2D eigenvalue weighted by Gasteiger charge is 2.34. The van der Waals surface area contributed by atoms with Gasteiger partial charge >= 0.3 is 0 Å². The monoisotopic (exact) mass is 459 g/mol. The largest absolute Gasteiger partial charge is 0.492 e. The Hall–Kier alpha value is -2.05. The van der Waals surface area contributed by atoms with E-state index in [1.54, 1.807) is 6.08 Å². The van der Waals surface area contributed by atoms with Gasteiger partial charge in [-0.25, -0.2) is 0 Å². The zero-order chi connectivity index (χ0) is 20.3. The number of imide groups is 1. The highest BCUT2D eigenvalue weighted by atomic mass is 79.9. The fourth-order valence-electron chi connectivity index (χ4n) is 2.64. The molecule has 2 aromatic rings. The molecule has 1 aliphatic heterocycles. The standard InChI is InChI=1S/C22H22BrNO3S/c1-14(2)13-27-19-9-8-17(10-18(19)23)11-20-21(25)24(22(26)28-20)12-16-6-4-15(3)5-7-16/h4-11,14H,12-13H2,1-3H3/b20-11-. The van der Waals surface area contributed by atoms with Crippen LogP contribution in [0.25, 0.3) is 6.08 Å². The maximum absolute atomic E-state index is 12.7. The van der Waals surface area contributed by atoms with Crippen molar-refractivity contribution in [3.05, 3.63) is 68.5 Å². The van der Waals surface area contributed by atoms with Gasteiger partial charge in [0.2, 0.25) is 0 Å². The van der Waals surface area contributed by atoms with Crippen molar-refractivity contribution in [3.8, 4) is 5.75 Å². The van der Waals surface area contributed by atoms with Crippen LogP contribution in [0, 0.1) is 12.8 Å². The molecule has 1 heterocycles. The third-order valence-corrected chi connectivity index (χ3v) is 5.69. The average molecular weight is 460 g/mol. The molecule has 6 heteroatoms. The number of hydrogen-bond donors (Lipinski definition) is 0. The van der Waals surface area contributed by atoms with Crippen molar-refractivity contribution in [3.63, 3.8) is 0 Å². The van der Waals surface area contributed by atoms with Crippen LogP contribution in [0.4, 0.5) is 4.79 Å². The average Bonchev–Trinajstić information content (AvgIpc) is 2.90. The lowest BCUT2D eigenvalue weighted by Gasteiger charge is -2.12. The van der Waals surface area contributed by atoms with Crippen LogP contribution in [0.5, 0.6) is 5.75 Å². The topological polar surface area (TPSA) is 46.6 Å². The molecule has 0 spiro atoms. The summed E-state index contributed by atoms with van der Waals surface area (Å²) in [6.07, 6.45) is 1.75. The van der Waals surface area contributed by atoms with Gasteiger partial charge in [-0.3, -0.25) is 14.5 Å². The molecule has 0 saturated carbocycles. The lowest BCUT2D eigenvalue weighted by molar-refractivity contribution is -0.123. The van der Waals surface area contributed by atoms with Crippen molar-refractivity contribution >= 4 is 44.9 Å². The van der Waals surface area contributed by atoms with Crippen molar-refractivity contribution < 1.29 is 14.3 Å². The highest BCUT2D eigenvalue weighted by molar-refractivity contribution is 9.10. The molecule has 0 unspecified atom stereocenters. The second kappa shape index (κ2) is 8.97. The highest BCUT2D eigenvalue weighted by Crippen LogP contribution is 2.34. The van der Waals surface area contributed by atoms with Crippen LogP contribution in [0.15, 0.2) is 51.8 Å². The Labute approximate surface area is 178 Å². The van der Waals surface area contributed by atoms with Gasteiger partial charge in [0.05, 0.1) is 22.5 Å². The van der Waals surface area contributed by atoms with E-state index >= 15 is 0 Å². The van der Waals surface area contributed by atoms with Crippen molar-refractivity contribution in [1.29, 1.82) is 0 Å². The van der Waals surface area contributed by atoms with Crippen LogP contribution >= 0.6 is 27.7 Å². The van der Waals surface area contributed by atoms with E-state index in [2.05, 4.69) is 29.8 Å². The van der Waals surface area contributed by atoms with Crippen molar-refractivity contribution in [2.45, 2.75) is 27.3 Å². The van der Waals surface area contributed by atoms with Gasteiger partial charge in [0.1, 0.15) is 5.75 Å². The summed E-state index contributed by atoms with van der Waals surface area (Å²) in [4.78, 5) is 26.7. The molecule has 0 aromatic heterocycles. The minimum absolute atomic E-state index is 0.243. The first-order valence-electron chi connectivity index (χ1n) is 9.06. The van der Waals surface area contributed by atoms with Crippen molar-refractivity contribution in [2.75, 3.05) is 6.61 Å². The number of ether oxygens (including phenoxy) is 1. The molecule has 146 valence electrons. The molecule has 0 aliphatic carbocycles. The number of amides is 2. The van der Waals surface area contributed by atoms with Crippen LogP contribution < -0.4 is 4.74 Å². The van der Waals surface area contributed by atoms with Gasteiger partial charge in [-0.15, -0.1) is 0 Å². The molecule has 3 rings (SSSR count). The Bertz CT molecular complexity index is 922. The van der Waals surface area contributed by atoms with E-state index in [9.17, 15) is 9.59 Å². The second-order valence-electron chi connectivity index (χ2n) is 7.15. The summed E-state index contributed by atoms with van der Waals surface area (Å²) in [7, 11) is 0. The number of hydrogen-bond acceptors (Lipinski definition) is 4. The summed E-state index contributed by atoms with van der Waals surface area (Å²) >= 11 is 4.49. The van der Waals surface area contributed by atoms with Gasteiger partial charge in [0.25, 0.3) is 11.1 Å². The van der Waals surface area contributed by atoms with Crippen molar-refractivity contribution in [2.24, 2.45) is 5.92 Å². The van der Waals surface area contributed by atoms with Crippen LogP contribution in [0.3, 0.4) is 0 Å². The Morgan fingerprint density at radius 2 is 1.86 bits per heavy atom. The minimum Gasteiger partial charge on any atom is -0.492 e. The quantitative estimate of drug-likeness (QED) is 0.494. The number of aryl methyl sites for hydroxylation is 1. The van der Waals surface area contributed by atoms with E-state index in [-0.39, 0.29) is 17.7 Å². The van der Waals surface area contributed by atoms with E-state index in [4.69, 9.17) is 4.74 Å². The SMILES string of the molecule is Cc1ccc(CN2C(=O)S/C(=C\c3ccc(OCC(C)C)c(Br)c3)C2=O)cc1. The molecule has 0 bridgehead atoms. The Morgan fingerprint density at radius 3 is 2.50 bits per heavy atom. The fourth-order valence-corrected chi connectivity index (χ4v) is 3.99. The van der Waals surface area contributed by atoms with E-state index in [0.29, 0.717) is 17.4 Å². The van der Waals surface area contributed by atoms with E-state index in [1.807, 2.05) is 49.4 Å². The van der Waals surface area contributed by atoms with Crippen LogP contribution in [0.2, 0.25) is 0 Å². The number of halogens is 1. The first-order valence-corrected chi connectivity index (χ1v) is 10.7. The fraction of sp³-hybridized carbons (Fsp3) is 0.273. The zero-order valence-corrected chi connectivity index (χ0v) is 18.5. The van der Waals surface area contributed by atoms with E-state index in [1.165, 1.54) is 4.90 Å². The molecule has 2 aromatic carbocycles. The zero-order valence-electron chi connectivity index (χ0n) is 16.1. The van der Waals surface area contributed by atoms with Crippen LogP contribution in [0.1, 0.15) is 30.5 Å². The van der Waals surface area contributed by atoms with Crippen LogP contribution in [-0.4, -0.2) is 22.7 Å². The molecule has 1 fully saturated rings. The lowest BCUT2D eigenvalue weighted by Crippen LogP contribution is -2.27.